The first-order chi connectivity index (χ1) is 13.5. The molecule has 0 bridgehead atoms. The van der Waals surface area contributed by atoms with E-state index < -0.39 is 5.25 Å². The zero-order valence-corrected chi connectivity index (χ0v) is 17.3. The van der Waals surface area contributed by atoms with E-state index in [1.807, 2.05) is 16.7 Å². The molecule has 28 heavy (non-hydrogen) atoms. The minimum Gasteiger partial charge on any atom is -0.322 e. The Kier molecular flexibility index (Phi) is 6.72. The highest BCUT2D eigenvalue weighted by molar-refractivity contribution is 8.00. The predicted molar refractivity (Wildman–Crippen MR) is 114 cm³/mol. The number of allylic oxidation sites excluding steroid dienone is 1. The molecule has 1 amide bonds. The third-order valence-electron chi connectivity index (χ3n) is 3.80. The van der Waals surface area contributed by atoms with Crippen LogP contribution in [0.1, 0.15) is 6.92 Å². The van der Waals surface area contributed by atoms with E-state index in [0.717, 1.165) is 5.56 Å². The highest BCUT2D eigenvalue weighted by Gasteiger charge is 2.21. The van der Waals surface area contributed by atoms with Crippen molar-refractivity contribution in [2.24, 2.45) is 0 Å². The van der Waals surface area contributed by atoms with Gasteiger partial charge < -0.3 is 5.32 Å². The van der Waals surface area contributed by atoms with Gasteiger partial charge in [0.05, 0.1) is 10.9 Å². The van der Waals surface area contributed by atoms with Crippen LogP contribution < -0.4 is 5.32 Å². The zero-order valence-electron chi connectivity index (χ0n) is 15.0. The molecular weight excluding hydrogens is 417 g/mol. The molecule has 1 unspecified atom stereocenters. The van der Waals surface area contributed by atoms with Gasteiger partial charge in [-0.2, -0.15) is 0 Å². The maximum atomic E-state index is 12.5. The van der Waals surface area contributed by atoms with Gasteiger partial charge in [-0.1, -0.05) is 41.0 Å². The van der Waals surface area contributed by atoms with Crippen LogP contribution in [0.5, 0.6) is 0 Å². The number of hydrogen-bond acceptors (Lipinski definition) is 5. The van der Waals surface area contributed by atoms with Crippen LogP contribution in [0.3, 0.4) is 0 Å². The first kappa shape index (κ1) is 20.4. The van der Waals surface area contributed by atoms with Crippen LogP contribution in [0.15, 0.2) is 60.4 Å². The van der Waals surface area contributed by atoms with Gasteiger partial charge in [-0.05, 0) is 43.3 Å². The van der Waals surface area contributed by atoms with Crippen LogP contribution >= 0.6 is 35.0 Å². The number of aromatic nitrogens is 4. The molecule has 0 aliphatic rings. The van der Waals surface area contributed by atoms with Crippen molar-refractivity contribution >= 4 is 46.6 Å². The Balaban J connectivity index is 1.79. The molecule has 0 radical (unpaired) electrons. The number of carbonyl (C=O) groups excluding carboxylic acids is 1. The number of benzene rings is 1. The molecule has 9 heteroatoms. The van der Waals surface area contributed by atoms with E-state index in [4.69, 9.17) is 23.2 Å². The summed E-state index contributed by atoms with van der Waals surface area (Å²) in [6, 6.07) is 10.7. The Morgan fingerprint density at radius 2 is 2.04 bits per heavy atom. The number of rotatable bonds is 7. The third kappa shape index (κ3) is 4.73. The van der Waals surface area contributed by atoms with Crippen LogP contribution in [0, 0.1) is 0 Å². The topological polar surface area (TPSA) is 72.7 Å². The molecule has 0 spiro atoms. The zero-order chi connectivity index (χ0) is 20.1. The molecule has 0 saturated heterocycles. The molecule has 0 aliphatic carbocycles. The molecule has 3 rings (SSSR count). The van der Waals surface area contributed by atoms with E-state index in [2.05, 4.69) is 27.1 Å². The van der Waals surface area contributed by atoms with Gasteiger partial charge in [0.25, 0.3) is 0 Å². The lowest BCUT2D eigenvalue weighted by Gasteiger charge is -2.13. The van der Waals surface area contributed by atoms with Crippen molar-refractivity contribution in [2.45, 2.75) is 23.9 Å². The van der Waals surface area contributed by atoms with Gasteiger partial charge in [0.1, 0.15) is 0 Å². The van der Waals surface area contributed by atoms with Gasteiger partial charge in [0.15, 0.2) is 16.1 Å². The van der Waals surface area contributed by atoms with E-state index in [9.17, 15) is 4.79 Å². The molecule has 1 atom stereocenters. The summed E-state index contributed by atoms with van der Waals surface area (Å²) in [5.74, 6) is 0.475. The molecule has 0 saturated carbocycles. The monoisotopic (exact) mass is 433 g/mol. The molecule has 6 nitrogen and oxygen atoms in total. The summed E-state index contributed by atoms with van der Waals surface area (Å²) < 4.78 is 1.90. The molecule has 0 aliphatic heterocycles. The number of nitrogens with zero attached hydrogens (tertiary/aromatic N) is 4. The van der Waals surface area contributed by atoms with Crippen molar-refractivity contribution in [3.8, 4) is 11.4 Å². The summed E-state index contributed by atoms with van der Waals surface area (Å²) in [7, 11) is 0. The maximum absolute atomic E-state index is 12.5. The summed E-state index contributed by atoms with van der Waals surface area (Å²) in [5.41, 5.74) is 1.35. The van der Waals surface area contributed by atoms with Gasteiger partial charge in [0.2, 0.25) is 5.91 Å². The number of amides is 1. The molecule has 2 heterocycles. The van der Waals surface area contributed by atoms with E-state index in [1.165, 1.54) is 11.8 Å². The highest BCUT2D eigenvalue weighted by atomic mass is 35.5. The fourth-order valence-electron chi connectivity index (χ4n) is 2.41. The Morgan fingerprint density at radius 3 is 2.71 bits per heavy atom. The van der Waals surface area contributed by atoms with Crippen molar-refractivity contribution in [1.82, 2.24) is 19.7 Å². The van der Waals surface area contributed by atoms with Crippen LogP contribution in [-0.2, 0) is 11.3 Å². The first-order valence-corrected chi connectivity index (χ1v) is 10.0. The smallest absolute Gasteiger partial charge is 0.237 e. The maximum Gasteiger partial charge on any atom is 0.237 e. The van der Waals surface area contributed by atoms with Crippen molar-refractivity contribution in [1.29, 1.82) is 0 Å². The fraction of sp³-hybridized carbons (Fsp3) is 0.158. The lowest BCUT2D eigenvalue weighted by atomic mass is 10.2. The Hall–Kier alpha value is -2.35. The van der Waals surface area contributed by atoms with E-state index >= 15 is 0 Å². The first-order valence-electron chi connectivity index (χ1n) is 8.37. The quantitative estimate of drug-likeness (QED) is 0.324. The van der Waals surface area contributed by atoms with Gasteiger partial charge in [0, 0.05) is 23.3 Å². The average molecular weight is 434 g/mol. The highest BCUT2D eigenvalue weighted by Crippen LogP contribution is 2.28. The molecule has 3 aromatic rings. The Bertz CT molecular complexity index is 990. The van der Waals surface area contributed by atoms with Crippen molar-refractivity contribution < 1.29 is 4.79 Å². The number of hydrogen-bond donors (Lipinski definition) is 1. The second-order valence-corrected chi connectivity index (χ2v) is 7.91. The van der Waals surface area contributed by atoms with Crippen LogP contribution in [0.25, 0.3) is 11.4 Å². The summed E-state index contributed by atoms with van der Waals surface area (Å²) in [5, 5.41) is 12.4. The van der Waals surface area contributed by atoms with E-state index in [0.29, 0.717) is 28.2 Å². The lowest BCUT2D eigenvalue weighted by molar-refractivity contribution is -0.115. The number of pyridine rings is 1. The average Bonchev–Trinajstić information content (AvgIpc) is 3.07. The number of carbonyl (C=O) groups is 1. The van der Waals surface area contributed by atoms with Crippen molar-refractivity contribution in [3.63, 3.8) is 0 Å². The standard InChI is InChI=1S/C19H17Cl2N5OS/c1-3-11-26-17(13-6-8-14(20)9-7-13)24-25-19(26)28-12(2)18(27)23-15-5-4-10-22-16(15)21/h3-10,12H,1,11H2,2H3,(H,23,27). The molecule has 1 aromatic carbocycles. The second kappa shape index (κ2) is 9.23. The lowest BCUT2D eigenvalue weighted by Crippen LogP contribution is -2.23. The molecule has 1 N–H and O–H groups in total. The van der Waals surface area contributed by atoms with Crippen molar-refractivity contribution in [3.05, 3.63) is 65.4 Å². The number of halogens is 2. The van der Waals surface area contributed by atoms with Crippen molar-refractivity contribution in [2.75, 3.05) is 5.32 Å². The minimum absolute atomic E-state index is 0.207. The predicted octanol–water partition coefficient (Wildman–Crippen LogP) is 4.95. The van der Waals surface area contributed by atoms with Crippen LogP contribution in [0.2, 0.25) is 10.2 Å². The normalized spacial score (nSPS) is 11.8. The fourth-order valence-corrected chi connectivity index (χ4v) is 3.56. The molecule has 0 fully saturated rings. The van der Waals surface area contributed by atoms with E-state index in [1.54, 1.807) is 43.5 Å². The van der Waals surface area contributed by atoms with Gasteiger partial charge in [-0.25, -0.2) is 4.98 Å². The number of anilines is 1. The largest absolute Gasteiger partial charge is 0.322 e. The summed E-state index contributed by atoms with van der Waals surface area (Å²) in [4.78, 5) is 16.5. The van der Waals surface area contributed by atoms with Gasteiger partial charge in [-0.3, -0.25) is 9.36 Å². The summed E-state index contributed by atoms with van der Waals surface area (Å²) in [6.45, 7) is 6.10. The number of nitrogens with one attached hydrogen (secondary N) is 1. The summed E-state index contributed by atoms with van der Waals surface area (Å²) in [6.07, 6.45) is 3.32. The van der Waals surface area contributed by atoms with Gasteiger partial charge >= 0.3 is 0 Å². The molecular formula is C19H17Cl2N5OS. The molecule has 2 aromatic heterocycles. The van der Waals surface area contributed by atoms with E-state index in [-0.39, 0.29) is 11.1 Å². The van der Waals surface area contributed by atoms with Gasteiger partial charge in [-0.15, -0.1) is 16.8 Å². The SMILES string of the molecule is C=CCn1c(SC(C)C(=O)Nc2cccnc2Cl)nnc1-c1ccc(Cl)cc1. The second-order valence-electron chi connectivity index (χ2n) is 5.80. The number of thioether (sulfide) groups is 1. The Labute approximate surface area is 177 Å². The minimum atomic E-state index is -0.429. The van der Waals surface area contributed by atoms with Crippen LogP contribution in [-0.4, -0.2) is 30.9 Å². The Morgan fingerprint density at radius 1 is 1.29 bits per heavy atom. The van der Waals surface area contributed by atoms with Crippen LogP contribution in [0.4, 0.5) is 5.69 Å². The molecule has 144 valence electrons. The summed E-state index contributed by atoms with van der Waals surface area (Å²) >= 11 is 13.3. The third-order valence-corrected chi connectivity index (χ3v) is 5.43.